The van der Waals surface area contributed by atoms with Gasteiger partial charge in [0.1, 0.15) is 0 Å². The summed E-state index contributed by atoms with van der Waals surface area (Å²) in [6.45, 7) is 8.14. The van der Waals surface area contributed by atoms with Crippen molar-refractivity contribution in [2.75, 3.05) is 45.8 Å². The van der Waals surface area contributed by atoms with Gasteiger partial charge in [-0.15, -0.1) is 0 Å². The van der Waals surface area contributed by atoms with Gasteiger partial charge >= 0.3 is 0 Å². The van der Waals surface area contributed by atoms with Gasteiger partial charge in [-0.05, 0) is 0 Å². The fraction of sp³-hybridized carbons (Fsp3) is 1.00. The second-order valence-electron chi connectivity index (χ2n) is 2.82. The van der Waals surface area contributed by atoms with Gasteiger partial charge < -0.3 is 16.8 Å². The molecule has 0 saturated heterocycles. The molecular formula is C8H23N5. The highest BCUT2D eigenvalue weighted by Gasteiger charge is 1.98. The molecule has 6 N–H and O–H groups in total. The van der Waals surface area contributed by atoms with Gasteiger partial charge in [0.2, 0.25) is 0 Å². The maximum Gasteiger partial charge on any atom is 0.0256 e. The largest absolute Gasteiger partial charge is 0.329 e. The van der Waals surface area contributed by atoms with Crippen LogP contribution in [0, 0.1) is 0 Å². The van der Waals surface area contributed by atoms with E-state index in [0.717, 1.165) is 32.7 Å². The van der Waals surface area contributed by atoms with E-state index in [1.807, 2.05) is 0 Å². The Kier molecular flexibility index (Phi) is 9.73. The molecule has 5 nitrogen and oxygen atoms in total. The van der Waals surface area contributed by atoms with Crippen LogP contribution >= 0.6 is 0 Å². The average Bonchev–Trinajstić information content (AvgIpc) is 2.17. The molecule has 0 radical (unpaired) electrons. The Balaban J connectivity index is 3.25. The van der Waals surface area contributed by atoms with Gasteiger partial charge in [0.05, 0.1) is 0 Å². The zero-order chi connectivity index (χ0) is 9.94. The molecule has 0 aromatic carbocycles. The van der Waals surface area contributed by atoms with Gasteiger partial charge in [-0.1, -0.05) is 6.92 Å². The molecule has 0 heterocycles. The lowest BCUT2D eigenvalue weighted by molar-refractivity contribution is 0.202. The van der Waals surface area contributed by atoms with Crippen molar-refractivity contribution < 1.29 is 0 Å². The van der Waals surface area contributed by atoms with E-state index in [1.54, 1.807) is 0 Å². The summed E-state index contributed by atoms with van der Waals surface area (Å²) >= 11 is 0. The van der Waals surface area contributed by atoms with E-state index in [-0.39, 0.29) is 0 Å². The van der Waals surface area contributed by atoms with Crippen LogP contribution in [0.5, 0.6) is 0 Å². The molecule has 0 bridgehead atoms. The maximum absolute atomic E-state index is 5.39. The summed E-state index contributed by atoms with van der Waals surface area (Å²) < 4.78 is 0. The normalized spacial score (nSPS) is 11.1. The van der Waals surface area contributed by atoms with Crippen molar-refractivity contribution in [1.29, 1.82) is 0 Å². The molecule has 0 unspecified atom stereocenters. The molecular weight excluding hydrogens is 166 g/mol. The van der Waals surface area contributed by atoms with Crippen molar-refractivity contribution in [1.82, 2.24) is 15.8 Å². The molecule has 0 saturated carbocycles. The Morgan fingerprint density at radius 2 is 1.77 bits per heavy atom. The summed E-state index contributed by atoms with van der Waals surface area (Å²) in [5, 5.41) is 5.39. The minimum absolute atomic E-state index is 0.673. The Hall–Kier alpha value is -0.200. The van der Waals surface area contributed by atoms with Gasteiger partial charge in [0.25, 0.3) is 0 Å². The Morgan fingerprint density at radius 1 is 1.08 bits per heavy atom. The number of nitrogens with one attached hydrogen (secondary N) is 2. The third-order valence-corrected chi connectivity index (χ3v) is 1.74. The van der Waals surface area contributed by atoms with Crippen molar-refractivity contribution in [3.05, 3.63) is 0 Å². The fourth-order valence-corrected chi connectivity index (χ4v) is 1.01. The SMILES string of the molecule is CCN(CCNCCN)NCCN. The summed E-state index contributed by atoms with van der Waals surface area (Å²) in [4.78, 5) is 0. The highest BCUT2D eigenvalue weighted by molar-refractivity contribution is 4.54. The van der Waals surface area contributed by atoms with Crippen molar-refractivity contribution in [3.63, 3.8) is 0 Å². The average molecular weight is 189 g/mol. The van der Waals surface area contributed by atoms with Crippen LogP contribution in [0.1, 0.15) is 6.92 Å². The number of hydrogen-bond acceptors (Lipinski definition) is 5. The topological polar surface area (TPSA) is 79.3 Å². The first kappa shape index (κ1) is 12.8. The van der Waals surface area contributed by atoms with Crippen LogP contribution in [-0.2, 0) is 0 Å². The van der Waals surface area contributed by atoms with Gasteiger partial charge in [0, 0.05) is 45.8 Å². The summed E-state index contributed by atoms with van der Waals surface area (Å²) in [7, 11) is 0. The number of nitrogens with zero attached hydrogens (tertiary/aromatic N) is 1. The van der Waals surface area contributed by atoms with Crippen molar-refractivity contribution in [2.45, 2.75) is 6.92 Å². The van der Waals surface area contributed by atoms with Gasteiger partial charge in [-0.25, -0.2) is 5.01 Å². The van der Waals surface area contributed by atoms with E-state index in [4.69, 9.17) is 11.5 Å². The summed E-state index contributed by atoms with van der Waals surface area (Å²) in [5.41, 5.74) is 14.0. The quantitative estimate of drug-likeness (QED) is 0.257. The summed E-state index contributed by atoms with van der Waals surface area (Å²) in [6.07, 6.45) is 0. The molecule has 0 amide bonds. The van der Waals surface area contributed by atoms with Crippen molar-refractivity contribution in [3.8, 4) is 0 Å². The number of likely N-dealkylation sites (N-methyl/N-ethyl adjacent to an activating group) is 1. The number of hydrogen-bond donors (Lipinski definition) is 4. The number of hydrazine groups is 1. The third kappa shape index (κ3) is 8.14. The van der Waals surface area contributed by atoms with E-state index < -0.39 is 0 Å². The lowest BCUT2D eigenvalue weighted by atomic mass is 10.5. The molecule has 0 rings (SSSR count). The van der Waals surface area contributed by atoms with E-state index in [1.165, 1.54) is 0 Å². The van der Waals surface area contributed by atoms with Gasteiger partial charge in [0.15, 0.2) is 0 Å². The van der Waals surface area contributed by atoms with Crippen LogP contribution < -0.4 is 22.2 Å². The first-order valence-corrected chi connectivity index (χ1v) is 4.94. The zero-order valence-electron chi connectivity index (χ0n) is 8.55. The van der Waals surface area contributed by atoms with Crippen LogP contribution in [0.15, 0.2) is 0 Å². The van der Waals surface area contributed by atoms with Crippen LogP contribution in [0.4, 0.5) is 0 Å². The molecule has 0 spiro atoms. The Bertz CT molecular complexity index is 98.5. The standard InChI is InChI=1S/C8H23N5/c1-2-13(12-6-4-10)8-7-11-5-3-9/h11-12H,2-10H2,1H3. The Morgan fingerprint density at radius 3 is 2.31 bits per heavy atom. The van der Waals surface area contributed by atoms with E-state index in [2.05, 4.69) is 22.7 Å². The maximum atomic E-state index is 5.39. The molecule has 0 aliphatic rings. The van der Waals surface area contributed by atoms with Gasteiger partial charge in [-0.3, -0.25) is 5.43 Å². The van der Waals surface area contributed by atoms with Crippen LogP contribution in [-0.4, -0.2) is 50.8 Å². The van der Waals surface area contributed by atoms with Gasteiger partial charge in [-0.2, -0.15) is 0 Å². The van der Waals surface area contributed by atoms with E-state index in [0.29, 0.717) is 13.1 Å². The molecule has 0 aliphatic heterocycles. The van der Waals surface area contributed by atoms with Crippen LogP contribution in [0.25, 0.3) is 0 Å². The second-order valence-corrected chi connectivity index (χ2v) is 2.82. The molecule has 13 heavy (non-hydrogen) atoms. The molecule has 0 aromatic heterocycles. The zero-order valence-corrected chi connectivity index (χ0v) is 8.55. The second kappa shape index (κ2) is 9.88. The predicted molar refractivity (Wildman–Crippen MR) is 56.2 cm³/mol. The molecule has 5 heteroatoms. The highest BCUT2D eigenvalue weighted by Crippen LogP contribution is 1.78. The van der Waals surface area contributed by atoms with E-state index in [9.17, 15) is 0 Å². The smallest absolute Gasteiger partial charge is 0.0256 e. The first-order valence-electron chi connectivity index (χ1n) is 4.94. The van der Waals surface area contributed by atoms with Crippen LogP contribution in [0.3, 0.4) is 0 Å². The van der Waals surface area contributed by atoms with Crippen LogP contribution in [0.2, 0.25) is 0 Å². The Labute approximate surface area is 80.8 Å². The minimum Gasteiger partial charge on any atom is -0.329 e. The molecule has 0 fully saturated rings. The van der Waals surface area contributed by atoms with Crippen molar-refractivity contribution in [2.24, 2.45) is 11.5 Å². The first-order chi connectivity index (χ1) is 6.35. The summed E-state index contributed by atoms with van der Waals surface area (Å²) in [6, 6.07) is 0. The summed E-state index contributed by atoms with van der Waals surface area (Å²) in [5.74, 6) is 0. The predicted octanol–water partition coefficient (Wildman–Crippen LogP) is -1.68. The number of nitrogens with two attached hydrogens (primary N) is 2. The molecule has 0 atom stereocenters. The third-order valence-electron chi connectivity index (χ3n) is 1.74. The number of rotatable bonds is 9. The van der Waals surface area contributed by atoms with Crippen molar-refractivity contribution >= 4 is 0 Å². The monoisotopic (exact) mass is 189 g/mol. The minimum atomic E-state index is 0.673. The molecule has 0 aliphatic carbocycles. The lowest BCUT2D eigenvalue weighted by Crippen LogP contribution is -2.44. The van der Waals surface area contributed by atoms with E-state index >= 15 is 0 Å². The highest BCUT2D eigenvalue weighted by atomic mass is 15.5. The molecule has 80 valence electrons. The lowest BCUT2D eigenvalue weighted by Gasteiger charge is -2.21. The fourth-order valence-electron chi connectivity index (χ4n) is 1.01. The molecule has 0 aromatic rings.